The lowest BCUT2D eigenvalue weighted by Crippen LogP contribution is -2.59. The van der Waals surface area contributed by atoms with Crippen LogP contribution in [0.4, 0.5) is 0 Å². The van der Waals surface area contributed by atoms with Crippen LogP contribution in [-0.4, -0.2) is 63.1 Å². The molecule has 0 spiro atoms. The molecule has 0 aromatic rings. The molecule has 0 radical (unpaired) electrons. The Kier molecular flexibility index (Phi) is 3.30. The lowest BCUT2D eigenvalue weighted by atomic mass is 10.00. The molecule has 2 rings (SSSR count). The van der Waals surface area contributed by atoms with E-state index in [2.05, 4.69) is 10.2 Å². The molecule has 2 aliphatic heterocycles. The van der Waals surface area contributed by atoms with E-state index in [-0.39, 0.29) is 6.04 Å². The van der Waals surface area contributed by atoms with Crippen LogP contribution in [0.5, 0.6) is 0 Å². The fraction of sp³-hybridized carbons (Fsp3) is 1.00. The minimum atomic E-state index is -2.77. The Morgan fingerprint density at radius 1 is 1.27 bits per heavy atom. The van der Waals surface area contributed by atoms with Gasteiger partial charge < -0.3 is 11.1 Å². The molecule has 2 atom stereocenters. The van der Waals surface area contributed by atoms with Gasteiger partial charge in [0.2, 0.25) is 0 Å². The first kappa shape index (κ1) is 11.3. The fourth-order valence-electron chi connectivity index (χ4n) is 2.38. The van der Waals surface area contributed by atoms with Crippen molar-refractivity contribution in [1.82, 2.24) is 10.2 Å². The molecule has 2 fully saturated rings. The fourth-order valence-corrected chi connectivity index (χ4v) is 3.61. The van der Waals surface area contributed by atoms with Gasteiger partial charge >= 0.3 is 0 Å². The molecule has 0 aromatic carbocycles. The lowest BCUT2D eigenvalue weighted by Gasteiger charge is -2.40. The molecule has 0 bridgehead atoms. The van der Waals surface area contributed by atoms with Gasteiger partial charge in [-0.15, -0.1) is 0 Å². The molecule has 0 aliphatic carbocycles. The van der Waals surface area contributed by atoms with Gasteiger partial charge in [-0.3, -0.25) is 4.90 Å². The number of hydrogen-bond donors (Lipinski definition) is 2. The van der Waals surface area contributed by atoms with Crippen molar-refractivity contribution in [1.29, 1.82) is 0 Å². The maximum absolute atomic E-state index is 11.3. The summed E-state index contributed by atoms with van der Waals surface area (Å²) in [5.74, 6) is 0.591. The highest BCUT2D eigenvalue weighted by Gasteiger charge is 2.31. The predicted molar refractivity (Wildman–Crippen MR) is 59.5 cm³/mol. The van der Waals surface area contributed by atoms with E-state index in [9.17, 15) is 8.42 Å². The van der Waals surface area contributed by atoms with Gasteiger partial charge in [-0.1, -0.05) is 0 Å². The van der Waals surface area contributed by atoms with Crippen LogP contribution in [0.2, 0.25) is 0 Å². The first-order valence-electron chi connectivity index (χ1n) is 5.49. The zero-order valence-electron chi connectivity index (χ0n) is 8.85. The van der Waals surface area contributed by atoms with E-state index in [4.69, 9.17) is 5.73 Å². The number of piperidine rings is 1. The molecule has 2 unspecified atom stereocenters. The zero-order valence-corrected chi connectivity index (χ0v) is 9.67. The summed E-state index contributed by atoms with van der Waals surface area (Å²) in [6.45, 7) is 3.14. The number of nitrogens with zero attached hydrogens (tertiary/aromatic N) is 1. The Hall–Kier alpha value is -0.170. The van der Waals surface area contributed by atoms with Gasteiger partial charge in [0.05, 0.1) is 11.5 Å². The van der Waals surface area contributed by atoms with Crippen LogP contribution in [0, 0.1) is 0 Å². The summed E-state index contributed by atoms with van der Waals surface area (Å²) in [5, 5.41) is 3.25. The van der Waals surface area contributed by atoms with Crippen LogP contribution in [0.3, 0.4) is 0 Å². The van der Waals surface area contributed by atoms with E-state index in [0.29, 0.717) is 30.6 Å². The van der Waals surface area contributed by atoms with E-state index in [1.54, 1.807) is 0 Å². The average Bonchev–Trinajstić information content (AvgIpc) is 2.19. The molecular weight excluding hydrogens is 214 g/mol. The summed E-state index contributed by atoms with van der Waals surface area (Å²) >= 11 is 0. The molecule has 3 N–H and O–H groups in total. The molecule has 15 heavy (non-hydrogen) atoms. The second kappa shape index (κ2) is 4.37. The molecule has 2 saturated heterocycles. The Bertz CT molecular complexity index is 303. The first-order valence-corrected chi connectivity index (χ1v) is 7.31. The molecule has 0 saturated carbocycles. The van der Waals surface area contributed by atoms with E-state index in [1.165, 1.54) is 0 Å². The largest absolute Gasteiger partial charge is 0.325 e. The lowest BCUT2D eigenvalue weighted by molar-refractivity contribution is 0.155. The van der Waals surface area contributed by atoms with E-state index in [0.717, 1.165) is 19.5 Å². The average molecular weight is 233 g/mol. The minimum Gasteiger partial charge on any atom is -0.325 e. The van der Waals surface area contributed by atoms with Crippen LogP contribution >= 0.6 is 0 Å². The van der Waals surface area contributed by atoms with Crippen molar-refractivity contribution >= 4 is 9.84 Å². The molecule has 2 aliphatic rings. The van der Waals surface area contributed by atoms with Crippen molar-refractivity contribution in [3.8, 4) is 0 Å². The van der Waals surface area contributed by atoms with Crippen LogP contribution in [0.25, 0.3) is 0 Å². The first-order chi connectivity index (χ1) is 7.08. The number of hydrogen-bond acceptors (Lipinski definition) is 5. The summed E-state index contributed by atoms with van der Waals surface area (Å²) in [6.07, 6.45) is 1.03. The highest BCUT2D eigenvalue weighted by atomic mass is 32.2. The quantitative estimate of drug-likeness (QED) is 0.571. The van der Waals surface area contributed by atoms with Crippen LogP contribution in [0.1, 0.15) is 6.42 Å². The van der Waals surface area contributed by atoms with Crippen LogP contribution in [-0.2, 0) is 9.84 Å². The molecule has 5 nitrogen and oxygen atoms in total. The standard InChI is InChI=1S/C9H19N3O2S/c10-8-7-11-2-1-9(8)12-3-5-15(13,14)6-4-12/h8-9,11H,1-7,10H2. The normalized spacial score (nSPS) is 37.7. The summed E-state index contributed by atoms with van der Waals surface area (Å²) in [7, 11) is -2.77. The van der Waals surface area contributed by atoms with Crippen molar-refractivity contribution in [2.45, 2.75) is 18.5 Å². The Morgan fingerprint density at radius 2 is 1.93 bits per heavy atom. The Balaban J connectivity index is 1.94. The minimum absolute atomic E-state index is 0.138. The summed E-state index contributed by atoms with van der Waals surface area (Å²) in [4.78, 5) is 2.24. The number of nitrogens with two attached hydrogens (primary N) is 1. The molecule has 2 heterocycles. The topological polar surface area (TPSA) is 75.4 Å². The summed E-state index contributed by atoms with van der Waals surface area (Å²) < 4.78 is 22.6. The third-order valence-electron chi connectivity index (χ3n) is 3.34. The van der Waals surface area contributed by atoms with Crippen LogP contribution in [0.15, 0.2) is 0 Å². The van der Waals surface area contributed by atoms with Gasteiger partial charge in [-0.25, -0.2) is 8.42 Å². The number of rotatable bonds is 1. The van der Waals surface area contributed by atoms with Crippen molar-refractivity contribution in [2.24, 2.45) is 5.73 Å². The van der Waals surface area contributed by atoms with Gasteiger partial charge in [0.1, 0.15) is 0 Å². The van der Waals surface area contributed by atoms with Gasteiger partial charge in [0, 0.05) is 31.7 Å². The van der Waals surface area contributed by atoms with Gasteiger partial charge in [-0.05, 0) is 13.0 Å². The molecule has 0 amide bonds. The zero-order chi connectivity index (χ0) is 10.9. The van der Waals surface area contributed by atoms with Crippen molar-refractivity contribution in [2.75, 3.05) is 37.7 Å². The SMILES string of the molecule is NC1CNCCC1N1CCS(=O)(=O)CC1. The maximum atomic E-state index is 11.3. The van der Waals surface area contributed by atoms with Gasteiger partial charge in [0.25, 0.3) is 0 Å². The van der Waals surface area contributed by atoms with Gasteiger partial charge in [0.15, 0.2) is 9.84 Å². The maximum Gasteiger partial charge on any atom is 0.152 e. The highest BCUT2D eigenvalue weighted by molar-refractivity contribution is 7.91. The van der Waals surface area contributed by atoms with Crippen molar-refractivity contribution < 1.29 is 8.42 Å². The molecular formula is C9H19N3O2S. The third-order valence-corrected chi connectivity index (χ3v) is 4.95. The van der Waals surface area contributed by atoms with Crippen molar-refractivity contribution in [3.05, 3.63) is 0 Å². The Morgan fingerprint density at radius 3 is 2.53 bits per heavy atom. The highest BCUT2D eigenvalue weighted by Crippen LogP contribution is 2.14. The van der Waals surface area contributed by atoms with Gasteiger partial charge in [-0.2, -0.15) is 0 Å². The van der Waals surface area contributed by atoms with Crippen molar-refractivity contribution in [3.63, 3.8) is 0 Å². The van der Waals surface area contributed by atoms with E-state index >= 15 is 0 Å². The number of nitrogens with one attached hydrogen (secondary N) is 1. The summed E-state index contributed by atoms with van der Waals surface area (Å²) in [5.41, 5.74) is 6.02. The molecule has 88 valence electrons. The second-order valence-corrected chi connectivity index (χ2v) is 6.72. The Labute approximate surface area is 90.9 Å². The number of sulfone groups is 1. The molecule has 6 heteroatoms. The van der Waals surface area contributed by atoms with Crippen LogP contribution < -0.4 is 11.1 Å². The predicted octanol–water partition coefficient (Wildman–Crippen LogP) is -1.59. The summed E-state index contributed by atoms with van der Waals surface area (Å²) in [6, 6.07) is 0.501. The van der Waals surface area contributed by atoms with E-state index < -0.39 is 9.84 Å². The molecule has 0 aromatic heterocycles. The smallest absolute Gasteiger partial charge is 0.152 e. The third kappa shape index (κ3) is 2.69. The monoisotopic (exact) mass is 233 g/mol. The van der Waals surface area contributed by atoms with E-state index in [1.807, 2.05) is 0 Å². The second-order valence-electron chi connectivity index (χ2n) is 4.41.